The lowest BCUT2D eigenvalue weighted by Crippen LogP contribution is -2.45. The average molecular weight is 298 g/mol. The van der Waals surface area contributed by atoms with Crippen LogP contribution in [0.5, 0.6) is 0 Å². The van der Waals surface area contributed by atoms with Gasteiger partial charge in [-0.2, -0.15) is 0 Å². The second-order valence-corrected chi connectivity index (χ2v) is 6.78. The molecule has 1 saturated heterocycles. The van der Waals surface area contributed by atoms with Gasteiger partial charge in [0.25, 0.3) is 0 Å². The van der Waals surface area contributed by atoms with E-state index < -0.39 is 0 Å². The molecule has 0 spiro atoms. The van der Waals surface area contributed by atoms with Crippen molar-refractivity contribution in [3.63, 3.8) is 0 Å². The van der Waals surface area contributed by atoms with Gasteiger partial charge < -0.3 is 20.9 Å². The normalized spacial score (nSPS) is 18.9. The van der Waals surface area contributed by atoms with E-state index in [2.05, 4.69) is 36.0 Å². The highest BCUT2D eigenvalue weighted by Crippen LogP contribution is 2.13. The van der Waals surface area contributed by atoms with Crippen LogP contribution in [0.15, 0.2) is 0 Å². The number of hydrogen-bond acceptors (Lipinski definition) is 4. The second-order valence-electron chi connectivity index (χ2n) is 6.78. The number of amides is 1. The van der Waals surface area contributed by atoms with Crippen molar-refractivity contribution in [3.05, 3.63) is 0 Å². The van der Waals surface area contributed by atoms with Gasteiger partial charge in [-0.25, -0.2) is 0 Å². The van der Waals surface area contributed by atoms with Gasteiger partial charge in [0, 0.05) is 39.1 Å². The predicted molar refractivity (Wildman–Crippen MR) is 88.2 cm³/mol. The molecule has 1 atom stereocenters. The number of hydrogen-bond donors (Lipinski definition) is 2. The minimum absolute atomic E-state index is 0.157. The molecule has 5 heteroatoms. The molecule has 1 aliphatic rings. The Labute approximate surface area is 130 Å². The summed E-state index contributed by atoms with van der Waals surface area (Å²) >= 11 is 0. The molecule has 0 bridgehead atoms. The molecule has 0 aromatic heterocycles. The fraction of sp³-hybridized carbons (Fsp3) is 0.938. The van der Waals surface area contributed by atoms with Gasteiger partial charge in [-0.05, 0) is 44.8 Å². The number of rotatable bonds is 9. The number of piperazine rings is 1. The highest BCUT2D eigenvalue weighted by Gasteiger charge is 2.15. The molecule has 1 rings (SSSR count). The summed E-state index contributed by atoms with van der Waals surface area (Å²) in [6.45, 7) is 11.4. The van der Waals surface area contributed by atoms with Crippen molar-refractivity contribution in [2.24, 2.45) is 17.6 Å². The highest BCUT2D eigenvalue weighted by atomic mass is 16.1. The zero-order chi connectivity index (χ0) is 15.7. The Morgan fingerprint density at radius 2 is 1.90 bits per heavy atom. The minimum atomic E-state index is 0.157. The molecule has 1 fully saturated rings. The zero-order valence-electron chi connectivity index (χ0n) is 14.1. The van der Waals surface area contributed by atoms with Crippen LogP contribution in [0, 0.1) is 11.8 Å². The first-order chi connectivity index (χ1) is 10.0. The Bertz CT molecular complexity index is 288. The average Bonchev–Trinajstić information content (AvgIpc) is 2.44. The maximum atomic E-state index is 11.9. The quantitative estimate of drug-likeness (QED) is 0.617. The maximum absolute atomic E-state index is 11.9. The molecule has 0 saturated carbocycles. The summed E-state index contributed by atoms with van der Waals surface area (Å²) in [7, 11) is 2.17. The molecule has 1 aliphatic heterocycles. The fourth-order valence-electron chi connectivity index (χ4n) is 2.87. The first-order valence-corrected chi connectivity index (χ1v) is 8.39. The summed E-state index contributed by atoms with van der Waals surface area (Å²) in [6, 6.07) is 0. The van der Waals surface area contributed by atoms with Crippen LogP contribution >= 0.6 is 0 Å². The van der Waals surface area contributed by atoms with Crippen molar-refractivity contribution in [2.45, 2.75) is 33.1 Å². The third kappa shape index (κ3) is 8.39. The van der Waals surface area contributed by atoms with Gasteiger partial charge in [0.05, 0.1) is 0 Å². The van der Waals surface area contributed by atoms with Crippen LogP contribution in [0.3, 0.4) is 0 Å². The van der Waals surface area contributed by atoms with Crippen molar-refractivity contribution in [1.82, 2.24) is 15.1 Å². The van der Waals surface area contributed by atoms with Gasteiger partial charge in [-0.1, -0.05) is 13.8 Å². The van der Waals surface area contributed by atoms with Crippen LogP contribution in [0.1, 0.15) is 33.1 Å². The number of nitrogens with one attached hydrogen (secondary N) is 1. The molecule has 21 heavy (non-hydrogen) atoms. The smallest absolute Gasteiger partial charge is 0.220 e. The Kier molecular flexibility index (Phi) is 8.88. The van der Waals surface area contributed by atoms with E-state index in [1.54, 1.807) is 0 Å². The Morgan fingerprint density at radius 1 is 1.24 bits per heavy atom. The lowest BCUT2D eigenvalue weighted by molar-refractivity contribution is -0.122. The van der Waals surface area contributed by atoms with Crippen molar-refractivity contribution in [2.75, 3.05) is 52.9 Å². The molecule has 0 aliphatic carbocycles. The summed E-state index contributed by atoms with van der Waals surface area (Å²) in [5.74, 6) is 1.08. The van der Waals surface area contributed by atoms with Crippen molar-refractivity contribution in [1.29, 1.82) is 0 Å². The summed E-state index contributed by atoms with van der Waals surface area (Å²) in [6.07, 6.45) is 2.64. The molecule has 0 unspecified atom stereocenters. The molecule has 0 aromatic carbocycles. The number of nitrogens with zero attached hydrogens (tertiary/aromatic N) is 2. The van der Waals surface area contributed by atoms with E-state index in [9.17, 15) is 4.79 Å². The number of carbonyl (C=O) groups excluding carboxylic acids is 1. The monoisotopic (exact) mass is 298 g/mol. The number of nitrogens with two attached hydrogens (primary N) is 1. The van der Waals surface area contributed by atoms with Crippen LogP contribution in [0.25, 0.3) is 0 Å². The molecule has 1 amide bonds. The van der Waals surface area contributed by atoms with Crippen LogP contribution < -0.4 is 11.1 Å². The first kappa shape index (κ1) is 18.4. The van der Waals surface area contributed by atoms with E-state index in [1.807, 2.05) is 0 Å². The molecule has 3 N–H and O–H groups in total. The standard InChI is InChI=1S/C16H34N4O/c1-14(2)11-15(13-17)12-16(21)18-5-4-6-20-9-7-19(3)8-10-20/h14-15H,4-13,17H2,1-3H3,(H,18,21)/t15-/m0/s1. The van der Waals surface area contributed by atoms with Crippen LogP contribution in [0.4, 0.5) is 0 Å². The molecular formula is C16H34N4O. The van der Waals surface area contributed by atoms with E-state index >= 15 is 0 Å². The highest BCUT2D eigenvalue weighted by molar-refractivity contribution is 5.76. The van der Waals surface area contributed by atoms with Gasteiger partial charge in [-0.3, -0.25) is 4.79 Å². The van der Waals surface area contributed by atoms with E-state index in [0.717, 1.165) is 52.1 Å². The zero-order valence-corrected chi connectivity index (χ0v) is 14.1. The number of carbonyl (C=O) groups is 1. The molecule has 5 nitrogen and oxygen atoms in total. The van der Waals surface area contributed by atoms with E-state index in [1.165, 1.54) is 0 Å². The minimum Gasteiger partial charge on any atom is -0.356 e. The van der Waals surface area contributed by atoms with Gasteiger partial charge >= 0.3 is 0 Å². The van der Waals surface area contributed by atoms with Crippen LogP contribution in [0.2, 0.25) is 0 Å². The largest absolute Gasteiger partial charge is 0.356 e. The van der Waals surface area contributed by atoms with E-state index in [0.29, 0.717) is 24.8 Å². The summed E-state index contributed by atoms with van der Waals surface area (Å²) in [5, 5.41) is 3.04. The summed E-state index contributed by atoms with van der Waals surface area (Å²) < 4.78 is 0. The summed E-state index contributed by atoms with van der Waals surface area (Å²) in [4.78, 5) is 16.7. The Balaban J connectivity index is 2.07. The van der Waals surface area contributed by atoms with Gasteiger partial charge in [0.1, 0.15) is 0 Å². The van der Waals surface area contributed by atoms with Gasteiger partial charge in [-0.15, -0.1) is 0 Å². The summed E-state index contributed by atoms with van der Waals surface area (Å²) in [5.41, 5.74) is 5.74. The van der Waals surface area contributed by atoms with Gasteiger partial charge in [0.15, 0.2) is 0 Å². The Morgan fingerprint density at radius 3 is 2.48 bits per heavy atom. The van der Waals surface area contributed by atoms with E-state index in [4.69, 9.17) is 5.73 Å². The van der Waals surface area contributed by atoms with Crippen molar-refractivity contribution < 1.29 is 4.79 Å². The van der Waals surface area contributed by atoms with E-state index in [-0.39, 0.29) is 5.91 Å². The molecule has 1 heterocycles. The first-order valence-electron chi connectivity index (χ1n) is 8.39. The lowest BCUT2D eigenvalue weighted by atomic mass is 9.94. The third-order valence-corrected chi connectivity index (χ3v) is 4.18. The predicted octanol–water partition coefficient (Wildman–Crippen LogP) is 0.751. The topological polar surface area (TPSA) is 61.6 Å². The van der Waals surface area contributed by atoms with Crippen molar-refractivity contribution in [3.8, 4) is 0 Å². The molecular weight excluding hydrogens is 264 g/mol. The number of likely N-dealkylation sites (N-methyl/N-ethyl adjacent to an activating group) is 1. The molecule has 0 aromatic rings. The van der Waals surface area contributed by atoms with Crippen LogP contribution in [-0.4, -0.2) is 68.6 Å². The second kappa shape index (κ2) is 10.1. The van der Waals surface area contributed by atoms with Crippen LogP contribution in [-0.2, 0) is 4.79 Å². The molecule has 0 radical (unpaired) electrons. The maximum Gasteiger partial charge on any atom is 0.220 e. The lowest BCUT2D eigenvalue weighted by Gasteiger charge is -2.32. The van der Waals surface area contributed by atoms with Crippen molar-refractivity contribution >= 4 is 5.91 Å². The fourth-order valence-corrected chi connectivity index (χ4v) is 2.87. The third-order valence-electron chi connectivity index (χ3n) is 4.18. The molecule has 124 valence electrons. The van der Waals surface area contributed by atoms with Gasteiger partial charge in [0.2, 0.25) is 5.91 Å². The Hall–Kier alpha value is -0.650. The SMILES string of the molecule is CC(C)C[C@H](CN)CC(=O)NCCCN1CCN(C)CC1.